The molecule has 2 amide bonds. The van der Waals surface area contributed by atoms with Gasteiger partial charge in [0.1, 0.15) is 22.3 Å². The molecule has 3 aromatic heterocycles. The van der Waals surface area contributed by atoms with E-state index >= 15 is 0 Å². The molecular weight excluding hydrogens is 2030 g/mol. The number of hydrogen-bond donors (Lipinski definition) is 4. The third-order valence-corrected chi connectivity index (χ3v) is 20.2. The van der Waals surface area contributed by atoms with Crippen LogP contribution in [-0.2, 0) is 48.9 Å². The number of carbonyl (C=O) groups excluding carboxylic acids is 4. The van der Waals surface area contributed by atoms with Crippen molar-refractivity contribution in [3.8, 4) is 39.6 Å². The summed E-state index contributed by atoms with van der Waals surface area (Å²) in [5, 5.41) is 27.8. The number of phenols is 1. The number of phenolic OH excluding ortho intramolecular Hbond substituents is 1. The number of Topliss-reactive ketones (excluding diaryl/α,β-unsaturated/α-hetero) is 1. The van der Waals surface area contributed by atoms with E-state index in [0.717, 1.165) is 61.1 Å². The number of carboxylic acids is 1. The summed E-state index contributed by atoms with van der Waals surface area (Å²) in [6, 6.07) is 32.5. The minimum absolute atomic E-state index is 0. The molecule has 1 aliphatic rings. The average Bonchev–Trinajstić information content (AvgIpc) is 1.64. The molecule has 0 saturated carbocycles. The number of benzene rings is 6. The monoisotopic (exact) mass is 2100 g/mol. The normalized spacial score (nSPS) is 12.0. The second kappa shape index (κ2) is 49.2. The maximum absolute atomic E-state index is 13.1. The first-order chi connectivity index (χ1) is 51.4. The zero-order valence-electron chi connectivity index (χ0n) is 64.9. The Labute approximate surface area is 822 Å². The van der Waals surface area contributed by atoms with Crippen molar-refractivity contribution in [1.29, 1.82) is 0 Å². The van der Waals surface area contributed by atoms with E-state index in [4.69, 9.17) is 104 Å². The van der Waals surface area contributed by atoms with Gasteiger partial charge in [0.05, 0.1) is 44.3 Å². The first kappa shape index (κ1) is 107. The molecule has 598 valence electrons. The van der Waals surface area contributed by atoms with Gasteiger partial charge in [0.25, 0.3) is 18.3 Å². The van der Waals surface area contributed by atoms with E-state index in [1.54, 1.807) is 111 Å². The van der Waals surface area contributed by atoms with E-state index in [1.807, 2.05) is 78.7 Å². The van der Waals surface area contributed by atoms with Crippen LogP contribution in [0.25, 0.3) is 22.3 Å². The number of nitrogens with one attached hydrogen (secondary N) is 2. The van der Waals surface area contributed by atoms with Crippen LogP contribution in [0.1, 0.15) is 118 Å². The number of sulfonamides is 2. The van der Waals surface area contributed by atoms with Crippen LogP contribution in [0, 0.1) is 53.4 Å². The molecule has 23 nitrogen and oxygen atoms in total. The van der Waals surface area contributed by atoms with Gasteiger partial charge in [0.15, 0.2) is 15.6 Å². The molecule has 1 saturated heterocycles. The molecule has 1 aliphatic heterocycles. The number of ether oxygens (including phenoxy) is 1. The van der Waals surface area contributed by atoms with Crippen LogP contribution in [-0.4, -0.2) is 123 Å². The molecule has 39 heteroatoms. The Morgan fingerprint density at radius 1 is 0.558 bits per heavy atom. The van der Waals surface area contributed by atoms with Crippen LogP contribution in [0.3, 0.4) is 0 Å². The second-order valence-corrected chi connectivity index (χ2v) is 34.4. The van der Waals surface area contributed by atoms with Gasteiger partial charge in [-0.3, -0.25) is 19.2 Å². The van der Waals surface area contributed by atoms with Crippen LogP contribution in [0.5, 0.6) is 17.4 Å². The fourth-order valence-corrected chi connectivity index (χ4v) is 12.3. The van der Waals surface area contributed by atoms with Gasteiger partial charge in [-0.25, -0.2) is 54.4 Å². The van der Waals surface area contributed by atoms with Gasteiger partial charge in [-0.05, 0) is 217 Å². The minimum atomic E-state index is -3.63. The molecule has 0 unspecified atom stereocenters. The van der Waals surface area contributed by atoms with Crippen molar-refractivity contribution in [2.75, 3.05) is 24.5 Å². The molecule has 113 heavy (non-hydrogen) atoms. The maximum atomic E-state index is 13.1. The number of nitrogens with zero attached hydrogens (tertiary/aromatic N) is 3. The van der Waals surface area contributed by atoms with E-state index in [9.17, 15) is 53.2 Å². The molecule has 0 aliphatic carbocycles. The second-order valence-electron chi connectivity index (χ2n) is 24.6. The molecular formula is C74H76BBr2Cl6Cs2F2N5O18S3. The SMILES string of the molecule is CC.CC1(C)OB(c2cnc(F)c(Cl)c2)OC1(C)C.Cc1cc(C(=O)NS(C)(=O)=O)ccc1-c1cnc(F)c(Cl)c1.Cc1cc(C(=O)NS(C)(=O)=O)ccc1Br.Cc1cc(C(=O)O)ccc1Br.Cc1cc(Cl)cc(Cl)c1O.Cc1cc(Cl)ccc1Oc1ncc(-c2ccc(C(=O)CS(C)(=O)=O)cc2C)cc1Cl.O=CO[O-].[Cs+].[Cs+].[H-]. The molecule has 9 aromatic rings. The van der Waals surface area contributed by atoms with Crippen molar-refractivity contribution < 1.29 is 232 Å². The predicted molar refractivity (Wildman–Crippen MR) is 436 cm³/mol. The molecule has 0 bridgehead atoms. The number of ketones is 1. The first-order valence-electron chi connectivity index (χ1n) is 32.0. The summed E-state index contributed by atoms with van der Waals surface area (Å²) in [5.74, 6) is -3.65. The summed E-state index contributed by atoms with van der Waals surface area (Å²) in [6.07, 6.45) is 7.22. The topological polar surface area (TPSA) is 351 Å². The maximum Gasteiger partial charge on any atom is 1.00 e. The van der Waals surface area contributed by atoms with E-state index in [-0.39, 0.29) is 173 Å². The number of hydrogen-bond acceptors (Lipinski definition) is 20. The van der Waals surface area contributed by atoms with Crippen LogP contribution in [0.4, 0.5) is 8.78 Å². The van der Waals surface area contributed by atoms with Crippen molar-refractivity contribution in [1.82, 2.24) is 24.4 Å². The van der Waals surface area contributed by atoms with Gasteiger partial charge < -0.3 is 35.8 Å². The van der Waals surface area contributed by atoms with Gasteiger partial charge in [-0.2, -0.15) is 8.78 Å². The quantitative estimate of drug-likeness (QED) is 0.0196. The number of carbonyl (C=O) groups is 5. The average molecular weight is 2110 g/mol. The Balaban J connectivity index is 0.00000136. The number of carboxylic acid groups (broad SMARTS) is 1. The number of pyridine rings is 3. The fourth-order valence-electron chi connectivity index (χ4n) is 8.92. The van der Waals surface area contributed by atoms with Crippen molar-refractivity contribution >= 4 is 174 Å². The summed E-state index contributed by atoms with van der Waals surface area (Å²) in [7, 11) is -11.1. The third kappa shape index (κ3) is 36.5. The summed E-state index contributed by atoms with van der Waals surface area (Å²) in [5.41, 5.74) is 8.69. The van der Waals surface area contributed by atoms with Crippen molar-refractivity contribution in [2.24, 2.45) is 0 Å². The van der Waals surface area contributed by atoms with Crippen molar-refractivity contribution in [3.05, 3.63) is 247 Å². The molecule has 6 aromatic carbocycles. The third-order valence-electron chi connectivity index (χ3n) is 15.0. The Hall–Kier alpha value is -3.62. The number of halogens is 10. The summed E-state index contributed by atoms with van der Waals surface area (Å²) >= 11 is 41.5. The number of amides is 2. The number of sulfone groups is 1. The Kier molecular flexibility index (Phi) is 46.8. The van der Waals surface area contributed by atoms with E-state index in [1.165, 1.54) is 42.7 Å². The van der Waals surface area contributed by atoms with Crippen LogP contribution >= 0.6 is 101 Å². The molecule has 0 atom stereocenters. The molecule has 1 fully saturated rings. The number of rotatable bonds is 14. The smallest absolute Gasteiger partial charge is 1.00 e. The summed E-state index contributed by atoms with van der Waals surface area (Å²) in [6.45, 7) is 22.5. The van der Waals surface area contributed by atoms with E-state index in [0.29, 0.717) is 70.2 Å². The Morgan fingerprint density at radius 3 is 1.37 bits per heavy atom. The zero-order valence-corrected chi connectivity index (χ0v) is 86.6. The number of aromatic carboxylic acids is 1. The van der Waals surface area contributed by atoms with Crippen molar-refractivity contribution in [2.45, 2.75) is 94.3 Å². The molecule has 0 spiro atoms. The largest absolute Gasteiger partial charge is 1.00 e. The number of aromatic hydroxyl groups is 1. The van der Waals surface area contributed by atoms with E-state index < -0.39 is 89.4 Å². The molecule has 4 heterocycles. The number of aryl methyl sites for hydroxylation is 6. The van der Waals surface area contributed by atoms with Crippen LogP contribution in [0.2, 0.25) is 30.1 Å². The molecule has 10 rings (SSSR count). The first-order valence-corrected chi connectivity index (χ1v) is 41.7. The van der Waals surface area contributed by atoms with Gasteiger partial charge in [0.2, 0.25) is 37.8 Å². The minimum Gasteiger partial charge on any atom is -1.00 e. The Morgan fingerprint density at radius 2 is 0.965 bits per heavy atom. The van der Waals surface area contributed by atoms with Gasteiger partial charge in [-0.15, -0.1) is 0 Å². The number of aromatic nitrogens is 3. The fraction of sp³-hybridized carbons (Fsp3) is 0.243. The van der Waals surface area contributed by atoms with E-state index in [2.05, 4.69) is 51.7 Å². The zero-order chi connectivity index (χ0) is 84.6. The standard InChI is InChI=1S/C22H19Cl2NO4S.C14H12ClFN2O3S.C11H14BClFNO2.C9H10BrNO3S.C8H7BrO2.C7H6Cl2O.C2H6.CH2O3.2Cs.H/c1-13-8-15(20(26)12-30(3,27)28)4-6-18(13)16-10-19(24)22(25-11-16)29-21-7-5-17(23)9-14(21)2;1-8-5-9(14(19)18-22(2,20)21)3-4-11(8)10-6-12(15)13(16)17-7-10;1-10(2)11(3,4)17-12(16-10)7-5-8(13)9(14)15-6-7;1-6-5-7(3-4-8(6)10)9(12)11-15(2,13)14;1-5-4-6(8(10)11)2-3-7(5)9;1-4-2-5(8)3-6(9)7(4)10;1-2;2-1-4-3;;;/h4-11H,12H2,1-3H3;3-7H,1-2H3,(H,18,19);5-6H,1-4H3;3-5H,1-2H3,(H,11,12);2-4H,1H3,(H,10,11);2-3,10H,1H3;1-2H3;1,3H;;;/q;;;;;;;;2*+1;-1/p-1. The van der Waals surface area contributed by atoms with Gasteiger partial charge >= 0.3 is 151 Å². The predicted octanol–water partition coefficient (Wildman–Crippen LogP) is 10.9. The Bertz CT molecular complexity index is 5220. The summed E-state index contributed by atoms with van der Waals surface area (Å²) in [4.78, 5) is 68.5. The van der Waals surface area contributed by atoms with Crippen molar-refractivity contribution in [3.63, 3.8) is 0 Å². The van der Waals surface area contributed by atoms with Crippen LogP contribution in [0.15, 0.2) is 149 Å². The van der Waals surface area contributed by atoms with Crippen LogP contribution < -0.4 is 163 Å². The molecule has 0 radical (unpaired) electrons. The van der Waals surface area contributed by atoms with Gasteiger partial charge in [0, 0.05) is 77.1 Å². The van der Waals surface area contributed by atoms with Gasteiger partial charge in [-0.1, -0.05) is 134 Å². The molecule has 4 N–H and O–H groups in total. The summed E-state index contributed by atoms with van der Waals surface area (Å²) < 4.78 is 116.